The van der Waals surface area contributed by atoms with Gasteiger partial charge in [-0.25, -0.2) is 0 Å². The van der Waals surface area contributed by atoms with E-state index in [1.807, 2.05) is 38.1 Å². The number of hydrogen-bond acceptors (Lipinski definition) is 4. The van der Waals surface area contributed by atoms with Gasteiger partial charge in [0, 0.05) is 24.1 Å². The smallest absolute Gasteiger partial charge is 0.228 e. The Morgan fingerprint density at radius 1 is 1.29 bits per heavy atom. The number of carbonyl (C=O) groups excluding carboxylic acids is 1. The fourth-order valence-electron chi connectivity index (χ4n) is 2.03. The molecule has 0 aliphatic carbocycles. The third-order valence-corrected chi connectivity index (χ3v) is 3.64. The molecular formula is C18H22ClN3O2. The fraction of sp³-hybridized carbons (Fsp3) is 0.333. The number of hydrogen-bond donors (Lipinski definition) is 1. The van der Waals surface area contributed by atoms with E-state index >= 15 is 0 Å². The van der Waals surface area contributed by atoms with Crippen LogP contribution in [-0.2, 0) is 11.2 Å². The van der Waals surface area contributed by atoms with Crippen LogP contribution >= 0.6 is 11.6 Å². The Labute approximate surface area is 147 Å². The third kappa shape index (κ3) is 5.83. The van der Waals surface area contributed by atoms with E-state index in [2.05, 4.69) is 10.3 Å². The molecule has 1 amide bonds. The van der Waals surface area contributed by atoms with Crippen molar-refractivity contribution in [2.75, 3.05) is 32.6 Å². The Morgan fingerprint density at radius 3 is 2.71 bits per heavy atom. The zero-order valence-corrected chi connectivity index (χ0v) is 14.9. The topological polar surface area (TPSA) is 54.5 Å². The predicted molar refractivity (Wildman–Crippen MR) is 96.8 cm³/mol. The van der Waals surface area contributed by atoms with Gasteiger partial charge in [0.2, 0.25) is 5.91 Å². The van der Waals surface area contributed by atoms with Gasteiger partial charge in [0.05, 0.1) is 11.4 Å². The van der Waals surface area contributed by atoms with E-state index < -0.39 is 0 Å². The average molecular weight is 348 g/mol. The van der Waals surface area contributed by atoms with Crippen LogP contribution < -0.4 is 10.1 Å². The summed E-state index contributed by atoms with van der Waals surface area (Å²) in [4.78, 5) is 18.3. The minimum absolute atomic E-state index is 0.113. The highest BCUT2D eigenvalue weighted by Gasteiger charge is 2.08. The number of halogens is 1. The Bertz CT molecular complexity index is 687. The van der Waals surface area contributed by atoms with E-state index in [1.165, 1.54) is 0 Å². The van der Waals surface area contributed by atoms with Gasteiger partial charge >= 0.3 is 0 Å². The van der Waals surface area contributed by atoms with Gasteiger partial charge in [-0.2, -0.15) is 0 Å². The number of rotatable bonds is 7. The Morgan fingerprint density at radius 2 is 2.08 bits per heavy atom. The van der Waals surface area contributed by atoms with Crippen molar-refractivity contribution in [1.29, 1.82) is 0 Å². The molecule has 2 rings (SSSR count). The molecular weight excluding hydrogens is 326 g/mol. The lowest BCUT2D eigenvalue weighted by molar-refractivity contribution is -0.115. The highest BCUT2D eigenvalue weighted by Crippen LogP contribution is 2.27. The van der Waals surface area contributed by atoms with Crippen molar-refractivity contribution in [3.63, 3.8) is 0 Å². The van der Waals surface area contributed by atoms with Crippen LogP contribution in [0.5, 0.6) is 5.75 Å². The van der Waals surface area contributed by atoms with E-state index in [1.54, 1.807) is 24.4 Å². The highest BCUT2D eigenvalue weighted by molar-refractivity contribution is 6.32. The summed E-state index contributed by atoms with van der Waals surface area (Å²) in [6, 6.07) is 9.02. The molecule has 0 spiro atoms. The van der Waals surface area contributed by atoms with E-state index in [0.29, 0.717) is 23.1 Å². The molecule has 0 radical (unpaired) electrons. The monoisotopic (exact) mass is 347 g/mol. The number of likely N-dealkylation sites (N-methyl/N-ethyl adjacent to an activating group) is 1. The van der Waals surface area contributed by atoms with Crippen LogP contribution in [0, 0.1) is 6.92 Å². The zero-order valence-electron chi connectivity index (χ0n) is 14.2. The van der Waals surface area contributed by atoms with Crippen LogP contribution in [0.1, 0.15) is 11.3 Å². The van der Waals surface area contributed by atoms with Gasteiger partial charge in [-0.05, 0) is 50.8 Å². The maximum Gasteiger partial charge on any atom is 0.228 e. The summed E-state index contributed by atoms with van der Waals surface area (Å²) >= 11 is 6.21. The van der Waals surface area contributed by atoms with Crippen LogP contribution in [-0.4, -0.2) is 43.0 Å². The van der Waals surface area contributed by atoms with Crippen molar-refractivity contribution in [2.24, 2.45) is 0 Å². The summed E-state index contributed by atoms with van der Waals surface area (Å²) in [6.07, 6.45) is 1.98. The third-order valence-electron chi connectivity index (χ3n) is 3.35. The quantitative estimate of drug-likeness (QED) is 0.835. The van der Waals surface area contributed by atoms with Gasteiger partial charge in [-0.1, -0.05) is 17.7 Å². The molecule has 0 aliphatic rings. The van der Waals surface area contributed by atoms with Gasteiger partial charge in [0.1, 0.15) is 12.4 Å². The van der Waals surface area contributed by atoms with E-state index in [-0.39, 0.29) is 12.3 Å². The van der Waals surface area contributed by atoms with Gasteiger partial charge < -0.3 is 15.0 Å². The summed E-state index contributed by atoms with van der Waals surface area (Å²) in [5, 5.41) is 3.31. The summed E-state index contributed by atoms with van der Waals surface area (Å²) in [6.45, 7) is 3.27. The second kappa shape index (κ2) is 8.66. The average Bonchev–Trinajstić information content (AvgIpc) is 2.51. The van der Waals surface area contributed by atoms with Crippen LogP contribution in [0.2, 0.25) is 5.02 Å². The molecule has 0 atom stereocenters. The maximum absolute atomic E-state index is 12.1. The minimum atomic E-state index is -0.113. The molecule has 0 saturated carbocycles. The van der Waals surface area contributed by atoms with Crippen LogP contribution in [0.25, 0.3) is 0 Å². The molecule has 1 heterocycles. The Kier molecular flexibility index (Phi) is 6.58. The van der Waals surface area contributed by atoms with Crippen molar-refractivity contribution >= 4 is 23.2 Å². The second-order valence-electron chi connectivity index (χ2n) is 5.83. The number of anilines is 1. The largest absolute Gasteiger partial charge is 0.491 e. The van der Waals surface area contributed by atoms with E-state index in [9.17, 15) is 4.79 Å². The molecule has 1 N–H and O–H groups in total. The van der Waals surface area contributed by atoms with Crippen LogP contribution in [0.4, 0.5) is 5.69 Å². The number of nitrogens with one attached hydrogen (secondary N) is 1. The molecule has 0 bridgehead atoms. The van der Waals surface area contributed by atoms with Crippen molar-refractivity contribution in [1.82, 2.24) is 9.88 Å². The van der Waals surface area contributed by atoms with Crippen molar-refractivity contribution in [3.05, 3.63) is 52.8 Å². The number of carbonyl (C=O) groups is 1. The Balaban J connectivity index is 1.91. The molecule has 128 valence electrons. The lowest BCUT2D eigenvalue weighted by atomic mass is 10.2. The Hall–Kier alpha value is -2.11. The molecule has 24 heavy (non-hydrogen) atoms. The first-order chi connectivity index (χ1) is 11.4. The number of amides is 1. The first-order valence-corrected chi connectivity index (χ1v) is 8.10. The van der Waals surface area contributed by atoms with Crippen molar-refractivity contribution in [2.45, 2.75) is 13.3 Å². The van der Waals surface area contributed by atoms with Gasteiger partial charge in [-0.3, -0.25) is 9.78 Å². The SMILES string of the molecule is Cc1ccc(CC(=O)Nc2ccc(OCCN(C)C)c(Cl)c2)cn1. The molecule has 6 heteroatoms. The summed E-state index contributed by atoms with van der Waals surface area (Å²) in [7, 11) is 3.96. The first kappa shape index (κ1) is 18.2. The summed E-state index contributed by atoms with van der Waals surface area (Å²) in [5.41, 5.74) is 2.44. The van der Waals surface area contributed by atoms with E-state index in [0.717, 1.165) is 17.8 Å². The highest BCUT2D eigenvalue weighted by atomic mass is 35.5. The molecule has 5 nitrogen and oxygen atoms in total. The molecule has 0 aliphatic heterocycles. The number of aromatic nitrogens is 1. The van der Waals surface area contributed by atoms with Gasteiger partial charge in [0.15, 0.2) is 0 Å². The number of ether oxygens (including phenoxy) is 1. The maximum atomic E-state index is 12.1. The molecule has 1 aromatic carbocycles. The zero-order chi connectivity index (χ0) is 17.5. The van der Waals surface area contributed by atoms with Crippen LogP contribution in [0.3, 0.4) is 0 Å². The number of pyridine rings is 1. The lowest BCUT2D eigenvalue weighted by Crippen LogP contribution is -2.19. The van der Waals surface area contributed by atoms with Crippen LogP contribution in [0.15, 0.2) is 36.5 Å². The number of nitrogens with zero attached hydrogens (tertiary/aromatic N) is 2. The lowest BCUT2D eigenvalue weighted by Gasteiger charge is -2.13. The summed E-state index contributed by atoms with van der Waals surface area (Å²) < 4.78 is 5.62. The van der Waals surface area contributed by atoms with Crippen molar-refractivity contribution < 1.29 is 9.53 Å². The van der Waals surface area contributed by atoms with Gasteiger partial charge in [0.25, 0.3) is 0 Å². The molecule has 2 aromatic rings. The van der Waals surface area contributed by atoms with Crippen molar-refractivity contribution in [3.8, 4) is 5.75 Å². The van der Waals surface area contributed by atoms with E-state index in [4.69, 9.17) is 16.3 Å². The molecule has 0 saturated heterocycles. The predicted octanol–water partition coefficient (Wildman–Crippen LogP) is 3.17. The number of aryl methyl sites for hydroxylation is 1. The normalized spacial score (nSPS) is 10.7. The molecule has 0 fully saturated rings. The second-order valence-corrected chi connectivity index (χ2v) is 6.24. The summed E-state index contributed by atoms with van der Waals surface area (Å²) in [5.74, 6) is 0.497. The molecule has 1 aromatic heterocycles. The number of benzene rings is 1. The van der Waals surface area contributed by atoms with Gasteiger partial charge in [-0.15, -0.1) is 0 Å². The standard InChI is InChI=1S/C18H22ClN3O2/c1-13-4-5-14(12-20-13)10-18(23)21-15-6-7-17(16(19)11-15)24-9-8-22(2)3/h4-7,11-12H,8-10H2,1-3H3,(H,21,23). The molecule has 0 unspecified atom stereocenters. The first-order valence-electron chi connectivity index (χ1n) is 7.72. The minimum Gasteiger partial charge on any atom is -0.491 e. The fourth-order valence-corrected chi connectivity index (χ4v) is 2.26.